The molecule has 1 unspecified atom stereocenters. The molecule has 3 aromatic rings. The van der Waals surface area contributed by atoms with Gasteiger partial charge in [-0.1, -0.05) is 23.7 Å². The van der Waals surface area contributed by atoms with Gasteiger partial charge in [0.05, 0.1) is 23.6 Å². The second-order valence-electron chi connectivity index (χ2n) is 4.85. The first kappa shape index (κ1) is 17.7. The number of rotatable bonds is 4. The van der Waals surface area contributed by atoms with Gasteiger partial charge in [-0.15, -0.1) is 4.80 Å². The first-order chi connectivity index (χ1) is 11.8. The molecule has 2 aromatic heterocycles. The molecule has 0 N–H and O–H groups in total. The number of thioether (sulfide) groups is 1. The quantitative estimate of drug-likeness (QED) is 0.466. The molecule has 0 fully saturated rings. The molecular formula is C15H9ClF4N4S. The highest BCUT2D eigenvalue weighted by Crippen LogP contribution is 2.39. The maximum Gasteiger partial charge on any atom is 0.446 e. The van der Waals surface area contributed by atoms with Gasteiger partial charge in [-0.3, -0.25) is 4.98 Å². The van der Waals surface area contributed by atoms with Gasteiger partial charge >= 0.3 is 5.51 Å². The topological polar surface area (TPSA) is 43.6 Å². The van der Waals surface area contributed by atoms with Crippen LogP contribution >= 0.6 is 23.4 Å². The van der Waals surface area contributed by atoms with Crippen LogP contribution in [0.15, 0.2) is 53.9 Å². The molecule has 0 saturated carbocycles. The third-order valence-corrected chi connectivity index (χ3v) is 4.25. The number of aromatic nitrogens is 4. The van der Waals surface area contributed by atoms with Gasteiger partial charge in [0, 0.05) is 16.7 Å². The third kappa shape index (κ3) is 4.10. The van der Waals surface area contributed by atoms with Crippen molar-refractivity contribution < 1.29 is 17.6 Å². The van der Waals surface area contributed by atoms with Gasteiger partial charge < -0.3 is 0 Å². The van der Waals surface area contributed by atoms with Crippen molar-refractivity contribution in [2.45, 2.75) is 16.6 Å². The normalized spacial score (nSPS) is 13.0. The van der Waals surface area contributed by atoms with Gasteiger partial charge in [0.2, 0.25) is 0 Å². The van der Waals surface area contributed by atoms with Crippen LogP contribution in [0.2, 0.25) is 5.02 Å². The minimum absolute atomic E-state index is 0.0294. The Morgan fingerprint density at radius 2 is 1.68 bits per heavy atom. The third-order valence-electron chi connectivity index (χ3n) is 3.21. The van der Waals surface area contributed by atoms with Crippen LogP contribution in [0.4, 0.5) is 17.6 Å². The summed E-state index contributed by atoms with van der Waals surface area (Å²) in [6.07, 6.45) is 3.80. The summed E-state index contributed by atoms with van der Waals surface area (Å²) in [5, 5.41) is 7.93. The average Bonchev–Trinajstić information content (AvgIpc) is 3.07. The molecule has 0 radical (unpaired) electrons. The SMILES string of the molecule is FC(c1ccc(SC(F)(F)F)cc1)c1c(Cl)cncc1-n1nccn1. The number of nitrogens with zero attached hydrogens (tertiary/aromatic N) is 4. The Hall–Kier alpha value is -2.13. The Balaban J connectivity index is 1.95. The van der Waals surface area contributed by atoms with Crippen LogP contribution in [-0.4, -0.2) is 25.5 Å². The Morgan fingerprint density at radius 1 is 1.04 bits per heavy atom. The van der Waals surface area contributed by atoms with Crippen LogP contribution in [-0.2, 0) is 0 Å². The number of alkyl halides is 4. The Labute approximate surface area is 148 Å². The standard InChI is InChI=1S/C15H9ClF4N4S/c16-11-7-21-8-12(24-22-5-6-23-24)13(11)14(17)9-1-3-10(4-2-9)25-15(18,19)20/h1-8,14H. The van der Waals surface area contributed by atoms with Crippen molar-refractivity contribution in [1.29, 1.82) is 0 Å². The Morgan fingerprint density at radius 3 is 2.28 bits per heavy atom. The molecule has 0 aliphatic rings. The van der Waals surface area contributed by atoms with E-state index in [1.807, 2.05) is 0 Å². The fraction of sp³-hybridized carbons (Fsp3) is 0.133. The van der Waals surface area contributed by atoms with Crippen molar-refractivity contribution in [3.8, 4) is 5.69 Å². The lowest BCUT2D eigenvalue weighted by Crippen LogP contribution is -2.07. The molecular weight excluding hydrogens is 380 g/mol. The van der Waals surface area contributed by atoms with Crippen LogP contribution in [0.25, 0.3) is 5.69 Å². The van der Waals surface area contributed by atoms with Crippen molar-refractivity contribution in [1.82, 2.24) is 20.0 Å². The second kappa shape index (κ2) is 7.01. The summed E-state index contributed by atoms with van der Waals surface area (Å²) in [6.45, 7) is 0. The monoisotopic (exact) mass is 388 g/mol. The first-order valence-electron chi connectivity index (χ1n) is 6.85. The summed E-state index contributed by atoms with van der Waals surface area (Å²) in [7, 11) is 0. The van der Waals surface area contributed by atoms with Crippen LogP contribution in [0.5, 0.6) is 0 Å². The fourth-order valence-corrected chi connectivity index (χ4v) is 2.98. The van der Waals surface area contributed by atoms with E-state index in [1.165, 1.54) is 53.8 Å². The molecule has 10 heteroatoms. The molecule has 4 nitrogen and oxygen atoms in total. The van der Waals surface area contributed by atoms with E-state index < -0.39 is 11.7 Å². The predicted molar refractivity (Wildman–Crippen MR) is 85.5 cm³/mol. The predicted octanol–water partition coefficient (Wildman–Crippen LogP) is 4.99. The lowest BCUT2D eigenvalue weighted by Gasteiger charge is -2.15. The molecule has 0 aliphatic carbocycles. The van der Waals surface area contributed by atoms with E-state index >= 15 is 4.39 Å². The molecule has 0 saturated heterocycles. The molecule has 1 atom stereocenters. The number of benzene rings is 1. The number of halogens is 5. The number of hydrogen-bond donors (Lipinski definition) is 0. The van der Waals surface area contributed by atoms with E-state index in [9.17, 15) is 13.2 Å². The van der Waals surface area contributed by atoms with E-state index in [1.54, 1.807) is 0 Å². The molecule has 2 heterocycles. The Kier molecular flexibility index (Phi) is 4.96. The lowest BCUT2D eigenvalue weighted by molar-refractivity contribution is -0.0328. The van der Waals surface area contributed by atoms with Gasteiger partial charge in [-0.05, 0) is 29.5 Å². The van der Waals surface area contributed by atoms with E-state index in [4.69, 9.17) is 11.6 Å². The zero-order chi connectivity index (χ0) is 18.0. The summed E-state index contributed by atoms with van der Waals surface area (Å²) in [6, 6.07) is 4.99. The summed E-state index contributed by atoms with van der Waals surface area (Å²) in [5.74, 6) is 0. The summed E-state index contributed by atoms with van der Waals surface area (Å²) in [4.78, 5) is 5.05. The van der Waals surface area contributed by atoms with Crippen LogP contribution in [0.3, 0.4) is 0 Å². The van der Waals surface area contributed by atoms with Crippen molar-refractivity contribution in [3.63, 3.8) is 0 Å². The highest BCUT2D eigenvalue weighted by atomic mass is 35.5. The number of hydrogen-bond acceptors (Lipinski definition) is 4. The average molecular weight is 389 g/mol. The maximum absolute atomic E-state index is 15.0. The zero-order valence-electron chi connectivity index (χ0n) is 12.3. The zero-order valence-corrected chi connectivity index (χ0v) is 13.9. The molecule has 0 amide bonds. The highest BCUT2D eigenvalue weighted by molar-refractivity contribution is 8.00. The molecule has 25 heavy (non-hydrogen) atoms. The minimum atomic E-state index is -4.40. The van der Waals surface area contributed by atoms with E-state index in [-0.39, 0.29) is 38.5 Å². The largest absolute Gasteiger partial charge is 0.446 e. The minimum Gasteiger partial charge on any atom is -0.261 e. The smallest absolute Gasteiger partial charge is 0.261 e. The van der Waals surface area contributed by atoms with Crippen molar-refractivity contribution in [3.05, 3.63) is 65.2 Å². The molecule has 0 spiro atoms. The van der Waals surface area contributed by atoms with Gasteiger partial charge in [0.25, 0.3) is 0 Å². The Bertz CT molecular complexity index is 853. The highest BCUT2D eigenvalue weighted by Gasteiger charge is 2.29. The van der Waals surface area contributed by atoms with Crippen molar-refractivity contribution in [2.24, 2.45) is 0 Å². The molecule has 3 rings (SSSR count). The fourth-order valence-electron chi connectivity index (χ4n) is 2.19. The van der Waals surface area contributed by atoms with Crippen LogP contribution in [0.1, 0.15) is 17.3 Å². The first-order valence-corrected chi connectivity index (χ1v) is 8.04. The number of pyridine rings is 1. The van der Waals surface area contributed by atoms with E-state index in [0.29, 0.717) is 0 Å². The van der Waals surface area contributed by atoms with Crippen molar-refractivity contribution >= 4 is 23.4 Å². The van der Waals surface area contributed by atoms with Gasteiger partial charge in [-0.2, -0.15) is 23.4 Å². The second-order valence-corrected chi connectivity index (χ2v) is 6.40. The van der Waals surface area contributed by atoms with Gasteiger partial charge in [0.15, 0.2) is 6.17 Å². The summed E-state index contributed by atoms with van der Waals surface area (Å²) < 4.78 is 52.2. The molecule has 0 bridgehead atoms. The van der Waals surface area contributed by atoms with Gasteiger partial charge in [0.1, 0.15) is 5.69 Å². The molecule has 1 aromatic carbocycles. The van der Waals surface area contributed by atoms with Crippen LogP contribution in [0, 0.1) is 0 Å². The van der Waals surface area contributed by atoms with E-state index in [2.05, 4.69) is 15.2 Å². The molecule has 130 valence electrons. The summed E-state index contributed by atoms with van der Waals surface area (Å²) >= 11 is 5.82. The van der Waals surface area contributed by atoms with E-state index in [0.717, 1.165) is 0 Å². The van der Waals surface area contributed by atoms with Gasteiger partial charge in [-0.25, -0.2) is 4.39 Å². The molecule has 0 aliphatic heterocycles. The van der Waals surface area contributed by atoms with Crippen molar-refractivity contribution in [2.75, 3.05) is 0 Å². The summed E-state index contributed by atoms with van der Waals surface area (Å²) in [5.41, 5.74) is -3.90. The maximum atomic E-state index is 15.0. The van der Waals surface area contributed by atoms with Crippen LogP contribution < -0.4 is 0 Å². The lowest BCUT2D eigenvalue weighted by atomic mass is 10.0.